The fraction of sp³-hybridized carbons (Fsp3) is 0.571. The van der Waals surface area contributed by atoms with E-state index in [2.05, 4.69) is 17.1 Å². The lowest BCUT2D eigenvalue weighted by molar-refractivity contribution is 0.169. The van der Waals surface area contributed by atoms with Gasteiger partial charge in [-0.3, -0.25) is 4.90 Å². The number of nitrogens with zero attached hydrogens (tertiary/aromatic N) is 1. The summed E-state index contributed by atoms with van der Waals surface area (Å²) in [7, 11) is 1.49. The highest BCUT2D eigenvalue weighted by Gasteiger charge is 2.21. The predicted molar refractivity (Wildman–Crippen MR) is 84.9 cm³/mol. The third-order valence-corrected chi connectivity index (χ3v) is 3.54. The molecule has 2 rings (SSSR count). The third-order valence-electron chi connectivity index (χ3n) is 3.54. The Morgan fingerprint density at radius 1 is 1.30 bits per heavy atom. The molecule has 1 N–H and O–H groups in total. The zero-order valence-corrected chi connectivity index (χ0v) is 13.5. The fourth-order valence-electron chi connectivity index (χ4n) is 2.59. The Bertz CT molecular complexity index is 401. The summed E-state index contributed by atoms with van der Waals surface area (Å²) in [4.78, 5) is 2.41. The van der Waals surface area contributed by atoms with Crippen LogP contribution in [0.15, 0.2) is 18.2 Å². The van der Waals surface area contributed by atoms with Gasteiger partial charge in [0, 0.05) is 32.2 Å². The molecule has 0 spiro atoms. The second kappa shape index (κ2) is 9.40. The number of nitrogens with one attached hydrogen (secondary N) is 1. The minimum Gasteiger partial charge on any atom is -0.494 e. The van der Waals surface area contributed by atoms with E-state index in [9.17, 15) is 4.39 Å². The lowest BCUT2D eigenvalue weighted by atomic mass is 10.0. The molecular formula is C14H23Cl2FN2O. The van der Waals surface area contributed by atoms with E-state index >= 15 is 0 Å². The average molecular weight is 325 g/mol. The van der Waals surface area contributed by atoms with E-state index in [4.69, 9.17) is 4.74 Å². The summed E-state index contributed by atoms with van der Waals surface area (Å²) in [6.07, 6.45) is 0.992. The van der Waals surface area contributed by atoms with Gasteiger partial charge in [0.15, 0.2) is 11.6 Å². The highest BCUT2D eigenvalue weighted by Crippen LogP contribution is 2.28. The van der Waals surface area contributed by atoms with Crippen LogP contribution in [0.25, 0.3) is 0 Å². The van der Waals surface area contributed by atoms with Crippen LogP contribution in [0.2, 0.25) is 0 Å². The van der Waals surface area contributed by atoms with Gasteiger partial charge in [0.1, 0.15) is 0 Å². The van der Waals surface area contributed by atoms with Crippen molar-refractivity contribution in [1.29, 1.82) is 0 Å². The number of ether oxygens (including phenoxy) is 1. The van der Waals surface area contributed by atoms with Crippen LogP contribution in [-0.4, -0.2) is 38.2 Å². The molecule has 0 saturated carbocycles. The molecule has 1 fully saturated rings. The van der Waals surface area contributed by atoms with Crippen molar-refractivity contribution in [3.63, 3.8) is 0 Å². The zero-order valence-electron chi connectivity index (χ0n) is 11.9. The Kier molecular flexibility index (Phi) is 9.14. The smallest absolute Gasteiger partial charge is 0.165 e. The van der Waals surface area contributed by atoms with Crippen molar-refractivity contribution in [3.8, 4) is 5.75 Å². The molecule has 1 heterocycles. The maximum atomic E-state index is 13.8. The van der Waals surface area contributed by atoms with Gasteiger partial charge < -0.3 is 10.1 Å². The Balaban J connectivity index is 0.00000180. The van der Waals surface area contributed by atoms with E-state index in [-0.39, 0.29) is 30.6 Å². The van der Waals surface area contributed by atoms with E-state index in [0.717, 1.165) is 38.2 Å². The maximum absolute atomic E-state index is 13.8. The van der Waals surface area contributed by atoms with E-state index < -0.39 is 0 Å². The van der Waals surface area contributed by atoms with Crippen LogP contribution >= 0.6 is 24.8 Å². The minimum absolute atomic E-state index is 0. The summed E-state index contributed by atoms with van der Waals surface area (Å²) in [5.41, 5.74) is 1.04. The first-order valence-electron chi connectivity index (χ1n) is 6.54. The number of piperazine rings is 1. The summed E-state index contributed by atoms with van der Waals surface area (Å²) < 4.78 is 18.7. The Hall–Kier alpha value is -0.550. The topological polar surface area (TPSA) is 24.5 Å². The third kappa shape index (κ3) is 4.48. The van der Waals surface area contributed by atoms with Gasteiger partial charge >= 0.3 is 0 Å². The molecule has 116 valence electrons. The van der Waals surface area contributed by atoms with Crippen molar-refractivity contribution in [2.45, 2.75) is 19.4 Å². The number of hydrogen-bond acceptors (Lipinski definition) is 3. The Morgan fingerprint density at radius 2 is 1.95 bits per heavy atom. The molecule has 0 radical (unpaired) electrons. The molecule has 1 aromatic carbocycles. The molecule has 3 nitrogen and oxygen atoms in total. The van der Waals surface area contributed by atoms with Gasteiger partial charge in [-0.1, -0.05) is 13.0 Å². The molecule has 20 heavy (non-hydrogen) atoms. The predicted octanol–water partition coefficient (Wildman–Crippen LogP) is 3.03. The molecule has 0 aromatic heterocycles. The maximum Gasteiger partial charge on any atom is 0.165 e. The van der Waals surface area contributed by atoms with Gasteiger partial charge in [0.2, 0.25) is 0 Å². The van der Waals surface area contributed by atoms with E-state index in [1.165, 1.54) is 7.11 Å². The normalized spacial score (nSPS) is 16.8. The number of rotatable bonds is 4. The van der Waals surface area contributed by atoms with Crippen LogP contribution in [-0.2, 0) is 0 Å². The Labute approximate surface area is 132 Å². The molecule has 1 aliphatic rings. The van der Waals surface area contributed by atoms with Gasteiger partial charge in [-0.15, -0.1) is 24.8 Å². The summed E-state index contributed by atoms with van der Waals surface area (Å²) >= 11 is 0. The van der Waals surface area contributed by atoms with Crippen LogP contribution in [0.5, 0.6) is 5.75 Å². The number of benzene rings is 1. The van der Waals surface area contributed by atoms with Crippen molar-refractivity contribution < 1.29 is 9.13 Å². The van der Waals surface area contributed by atoms with Crippen LogP contribution in [0, 0.1) is 5.82 Å². The first-order valence-corrected chi connectivity index (χ1v) is 6.54. The number of methoxy groups -OCH3 is 1. The Morgan fingerprint density at radius 3 is 2.45 bits per heavy atom. The highest BCUT2D eigenvalue weighted by atomic mass is 35.5. The van der Waals surface area contributed by atoms with Gasteiger partial charge in [-0.2, -0.15) is 0 Å². The lowest BCUT2D eigenvalue weighted by Crippen LogP contribution is -2.45. The van der Waals surface area contributed by atoms with E-state index in [0.29, 0.717) is 11.8 Å². The monoisotopic (exact) mass is 324 g/mol. The van der Waals surface area contributed by atoms with Crippen molar-refractivity contribution in [3.05, 3.63) is 29.6 Å². The number of hydrogen-bond donors (Lipinski definition) is 1. The van der Waals surface area contributed by atoms with Gasteiger partial charge in [0.05, 0.1) is 7.11 Å². The van der Waals surface area contributed by atoms with Crippen LogP contribution < -0.4 is 10.1 Å². The van der Waals surface area contributed by atoms with Crippen molar-refractivity contribution in [2.75, 3.05) is 33.3 Å². The van der Waals surface area contributed by atoms with Crippen molar-refractivity contribution in [1.82, 2.24) is 10.2 Å². The van der Waals surface area contributed by atoms with Gasteiger partial charge in [0.25, 0.3) is 0 Å². The molecule has 0 unspecified atom stereocenters. The first kappa shape index (κ1) is 19.4. The van der Waals surface area contributed by atoms with Crippen molar-refractivity contribution >= 4 is 24.8 Å². The SMILES string of the molecule is CC[C@H](c1ccc(OC)c(F)c1)N1CCNCC1.Cl.Cl. The van der Waals surface area contributed by atoms with E-state index in [1.54, 1.807) is 12.1 Å². The average Bonchev–Trinajstić information content (AvgIpc) is 2.41. The largest absolute Gasteiger partial charge is 0.494 e. The standard InChI is InChI=1S/C14H21FN2O.2ClH/c1-3-13(17-8-6-16-7-9-17)11-4-5-14(18-2)12(15)10-11;;/h4-5,10,13,16H,3,6-9H2,1-2H3;2*1H/t13-;;/m1../s1. The molecule has 6 heteroatoms. The zero-order chi connectivity index (χ0) is 13.0. The fourth-order valence-corrected chi connectivity index (χ4v) is 2.59. The van der Waals surface area contributed by atoms with Crippen LogP contribution in [0.3, 0.4) is 0 Å². The second-order valence-electron chi connectivity index (χ2n) is 4.60. The quantitative estimate of drug-likeness (QED) is 0.921. The summed E-state index contributed by atoms with van der Waals surface area (Å²) in [6.45, 7) is 6.21. The second-order valence-corrected chi connectivity index (χ2v) is 4.60. The molecule has 1 aromatic rings. The van der Waals surface area contributed by atoms with Gasteiger partial charge in [-0.05, 0) is 24.1 Å². The molecule has 1 saturated heterocycles. The molecule has 1 atom stereocenters. The first-order chi connectivity index (χ1) is 8.76. The van der Waals surface area contributed by atoms with Crippen molar-refractivity contribution in [2.24, 2.45) is 0 Å². The minimum atomic E-state index is -0.274. The molecule has 0 aliphatic carbocycles. The lowest BCUT2D eigenvalue weighted by Gasteiger charge is -2.34. The number of halogens is 3. The van der Waals surface area contributed by atoms with Gasteiger partial charge in [-0.25, -0.2) is 4.39 Å². The highest BCUT2D eigenvalue weighted by molar-refractivity contribution is 5.85. The molecule has 1 aliphatic heterocycles. The molecule has 0 amide bonds. The summed E-state index contributed by atoms with van der Waals surface area (Å²) in [5.74, 6) is 0.0394. The van der Waals surface area contributed by atoms with E-state index in [1.807, 2.05) is 6.07 Å². The van der Waals surface area contributed by atoms with Crippen LogP contribution in [0.4, 0.5) is 4.39 Å². The van der Waals surface area contributed by atoms with Crippen LogP contribution in [0.1, 0.15) is 24.9 Å². The molecular weight excluding hydrogens is 302 g/mol. The summed E-state index contributed by atoms with van der Waals surface area (Å²) in [6, 6.07) is 5.59. The molecule has 0 bridgehead atoms. The summed E-state index contributed by atoms with van der Waals surface area (Å²) in [5, 5.41) is 3.34.